The number of para-hydroxylation sites is 1. The largest absolute Gasteiger partial charge is 0.496 e. The van der Waals surface area contributed by atoms with E-state index in [4.69, 9.17) is 9.26 Å². The van der Waals surface area contributed by atoms with Gasteiger partial charge in [-0.1, -0.05) is 23.4 Å². The van der Waals surface area contributed by atoms with Gasteiger partial charge in [0, 0.05) is 37.0 Å². The molecule has 0 spiro atoms. The first-order valence-corrected chi connectivity index (χ1v) is 9.20. The molecule has 0 radical (unpaired) electrons. The number of hydrogen-bond donors (Lipinski definition) is 1. The van der Waals surface area contributed by atoms with E-state index in [1.54, 1.807) is 19.4 Å². The lowest BCUT2D eigenvalue weighted by molar-refractivity contribution is 0.0906. The second-order valence-corrected chi connectivity index (χ2v) is 6.51. The first kappa shape index (κ1) is 18.0. The van der Waals surface area contributed by atoms with E-state index in [-0.39, 0.29) is 5.89 Å². The number of pyridine rings is 1. The number of nitrogens with one attached hydrogen (secondary N) is 1. The molecule has 28 heavy (non-hydrogen) atoms. The number of hydrogen-bond acceptors (Lipinski definition) is 7. The van der Waals surface area contributed by atoms with Crippen molar-refractivity contribution in [3.05, 3.63) is 54.0 Å². The molecule has 1 N–H and O–H groups in total. The predicted molar refractivity (Wildman–Crippen MR) is 103 cm³/mol. The number of carbonyl (C=O) groups is 1. The van der Waals surface area contributed by atoms with Gasteiger partial charge in [0.15, 0.2) is 0 Å². The Morgan fingerprint density at radius 3 is 2.89 bits per heavy atom. The maximum atomic E-state index is 12.4. The molecular formula is C20H21N5O3. The van der Waals surface area contributed by atoms with Crippen LogP contribution in [0.2, 0.25) is 0 Å². The molecule has 3 heterocycles. The quantitative estimate of drug-likeness (QED) is 0.704. The fourth-order valence-corrected chi connectivity index (χ4v) is 3.21. The molecule has 0 saturated carbocycles. The number of methoxy groups -OCH3 is 1. The lowest BCUT2D eigenvalue weighted by Gasteiger charge is -2.16. The Kier molecular flexibility index (Phi) is 5.18. The summed E-state index contributed by atoms with van der Waals surface area (Å²) in [5, 5.41) is 6.72. The monoisotopic (exact) mass is 379 g/mol. The summed E-state index contributed by atoms with van der Waals surface area (Å²) in [5.74, 6) is 1.45. The van der Waals surface area contributed by atoms with Crippen molar-refractivity contribution in [1.82, 2.24) is 20.4 Å². The highest BCUT2D eigenvalue weighted by atomic mass is 16.5. The molecule has 1 aromatic carbocycles. The van der Waals surface area contributed by atoms with Crippen LogP contribution in [0, 0.1) is 0 Å². The number of amides is 1. The van der Waals surface area contributed by atoms with Crippen molar-refractivity contribution in [2.24, 2.45) is 0 Å². The smallest absolute Gasteiger partial charge is 0.316 e. The molecular weight excluding hydrogens is 358 g/mol. The fraction of sp³-hybridized carbons (Fsp3) is 0.300. The number of benzene rings is 1. The van der Waals surface area contributed by atoms with E-state index in [0.29, 0.717) is 18.1 Å². The molecule has 1 aliphatic heterocycles. The van der Waals surface area contributed by atoms with E-state index >= 15 is 0 Å². The number of anilines is 1. The van der Waals surface area contributed by atoms with Crippen LogP contribution in [0.25, 0.3) is 11.4 Å². The van der Waals surface area contributed by atoms with Crippen LogP contribution in [0.5, 0.6) is 5.75 Å². The zero-order valence-electron chi connectivity index (χ0n) is 15.6. The molecule has 0 unspecified atom stereocenters. The number of rotatable bonds is 6. The van der Waals surface area contributed by atoms with Crippen LogP contribution in [0.15, 0.2) is 47.1 Å². The Morgan fingerprint density at radius 1 is 1.25 bits per heavy atom. The molecule has 144 valence electrons. The Morgan fingerprint density at radius 2 is 2.07 bits per heavy atom. The van der Waals surface area contributed by atoms with Crippen molar-refractivity contribution < 1.29 is 14.1 Å². The summed E-state index contributed by atoms with van der Waals surface area (Å²) in [4.78, 5) is 23.2. The minimum atomic E-state index is -0.432. The summed E-state index contributed by atoms with van der Waals surface area (Å²) in [6.45, 7) is 2.30. The normalized spacial score (nSPS) is 13.5. The molecule has 1 aliphatic rings. The van der Waals surface area contributed by atoms with Crippen molar-refractivity contribution in [3.8, 4) is 17.1 Å². The first-order chi connectivity index (χ1) is 13.7. The Bertz CT molecular complexity index is 966. The second kappa shape index (κ2) is 8.08. The predicted octanol–water partition coefficient (Wildman–Crippen LogP) is 2.67. The van der Waals surface area contributed by atoms with Crippen LogP contribution in [-0.2, 0) is 6.54 Å². The Labute approximate surface area is 162 Å². The van der Waals surface area contributed by atoms with Crippen molar-refractivity contribution >= 4 is 11.7 Å². The van der Waals surface area contributed by atoms with Gasteiger partial charge in [0.2, 0.25) is 5.82 Å². The van der Waals surface area contributed by atoms with E-state index in [0.717, 1.165) is 30.0 Å². The second-order valence-electron chi connectivity index (χ2n) is 6.51. The van der Waals surface area contributed by atoms with E-state index in [1.165, 1.54) is 12.8 Å². The minimum Gasteiger partial charge on any atom is -0.496 e. The number of nitrogens with zero attached hydrogens (tertiary/aromatic N) is 4. The summed E-state index contributed by atoms with van der Waals surface area (Å²) in [5.41, 5.74) is 1.63. The van der Waals surface area contributed by atoms with Crippen molar-refractivity contribution in [2.75, 3.05) is 25.1 Å². The van der Waals surface area contributed by atoms with Gasteiger partial charge < -0.3 is 19.5 Å². The van der Waals surface area contributed by atoms with Crippen LogP contribution in [0.4, 0.5) is 5.82 Å². The highest BCUT2D eigenvalue weighted by Crippen LogP contribution is 2.23. The van der Waals surface area contributed by atoms with Gasteiger partial charge in [0.1, 0.15) is 11.6 Å². The highest BCUT2D eigenvalue weighted by Gasteiger charge is 2.18. The molecule has 4 rings (SSSR count). The molecule has 0 bridgehead atoms. The number of carbonyl (C=O) groups excluding carboxylic acids is 1. The lowest BCUT2D eigenvalue weighted by atomic mass is 10.2. The third kappa shape index (κ3) is 3.80. The van der Waals surface area contributed by atoms with E-state index in [2.05, 4.69) is 25.3 Å². The Hall–Kier alpha value is -3.42. The van der Waals surface area contributed by atoms with Crippen LogP contribution in [-0.4, -0.2) is 41.2 Å². The number of aromatic nitrogens is 3. The minimum absolute atomic E-state index is 0.0792. The molecule has 0 atom stereocenters. The van der Waals surface area contributed by atoms with E-state index in [9.17, 15) is 4.79 Å². The topological polar surface area (TPSA) is 93.4 Å². The van der Waals surface area contributed by atoms with Gasteiger partial charge in [-0.3, -0.25) is 4.79 Å². The van der Waals surface area contributed by atoms with E-state index < -0.39 is 5.91 Å². The molecule has 8 nitrogen and oxygen atoms in total. The Balaban J connectivity index is 1.45. The summed E-state index contributed by atoms with van der Waals surface area (Å²) in [6, 6.07) is 11.2. The first-order valence-electron chi connectivity index (χ1n) is 9.20. The summed E-state index contributed by atoms with van der Waals surface area (Å²) in [6.07, 6.45) is 4.07. The standard InChI is InChI=1S/C20H21N5O3/c1-27-16-7-3-2-6-15(16)13-22-19(26)20-23-18(24-28-20)14-8-9-21-17(12-14)25-10-4-5-11-25/h2-3,6-9,12H,4-5,10-11,13H2,1H3,(H,22,26). The maximum Gasteiger partial charge on any atom is 0.316 e. The zero-order chi connectivity index (χ0) is 19.3. The summed E-state index contributed by atoms with van der Waals surface area (Å²) in [7, 11) is 1.59. The van der Waals surface area contributed by atoms with Gasteiger partial charge in [-0.05, 0) is 31.0 Å². The SMILES string of the molecule is COc1ccccc1CNC(=O)c1nc(-c2ccnc(N3CCCC3)c2)no1. The van der Waals surface area contributed by atoms with Crippen molar-refractivity contribution in [2.45, 2.75) is 19.4 Å². The average Bonchev–Trinajstić information content (AvgIpc) is 3.45. The van der Waals surface area contributed by atoms with Gasteiger partial charge in [-0.2, -0.15) is 4.98 Å². The van der Waals surface area contributed by atoms with Gasteiger partial charge in [-0.25, -0.2) is 4.98 Å². The lowest BCUT2D eigenvalue weighted by Crippen LogP contribution is -2.23. The highest BCUT2D eigenvalue weighted by molar-refractivity contribution is 5.89. The van der Waals surface area contributed by atoms with Gasteiger partial charge in [-0.15, -0.1) is 0 Å². The van der Waals surface area contributed by atoms with Gasteiger partial charge >= 0.3 is 11.8 Å². The van der Waals surface area contributed by atoms with Crippen LogP contribution < -0.4 is 15.0 Å². The summed E-state index contributed by atoms with van der Waals surface area (Å²) >= 11 is 0. The fourth-order valence-electron chi connectivity index (χ4n) is 3.21. The third-order valence-corrected chi connectivity index (χ3v) is 4.69. The molecule has 3 aromatic rings. The molecule has 8 heteroatoms. The van der Waals surface area contributed by atoms with Gasteiger partial charge in [0.25, 0.3) is 0 Å². The van der Waals surface area contributed by atoms with Crippen LogP contribution in [0.3, 0.4) is 0 Å². The molecule has 1 fully saturated rings. The van der Waals surface area contributed by atoms with Crippen LogP contribution in [0.1, 0.15) is 29.1 Å². The van der Waals surface area contributed by atoms with E-state index in [1.807, 2.05) is 30.3 Å². The van der Waals surface area contributed by atoms with Crippen LogP contribution >= 0.6 is 0 Å². The molecule has 1 amide bonds. The molecule has 1 saturated heterocycles. The number of ether oxygens (including phenoxy) is 1. The third-order valence-electron chi connectivity index (χ3n) is 4.69. The average molecular weight is 379 g/mol. The molecule has 2 aromatic heterocycles. The van der Waals surface area contributed by atoms with Gasteiger partial charge in [0.05, 0.1) is 7.11 Å². The van der Waals surface area contributed by atoms with Crippen molar-refractivity contribution in [3.63, 3.8) is 0 Å². The van der Waals surface area contributed by atoms with Crippen molar-refractivity contribution in [1.29, 1.82) is 0 Å². The maximum absolute atomic E-state index is 12.4. The molecule has 0 aliphatic carbocycles. The summed E-state index contributed by atoms with van der Waals surface area (Å²) < 4.78 is 10.4. The zero-order valence-corrected chi connectivity index (χ0v) is 15.6.